The van der Waals surface area contributed by atoms with Crippen molar-refractivity contribution in [1.82, 2.24) is 9.29 Å². The van der Waals surface area contributed by atoms with Gasteiger partial charge in [0.05, 0.1) is 0 Å². The maximum atomic E-state index is 12.3. The van der Waals surface area contributed by atoms with Crippen molar-refractivity contribution in [2.24, 2.45) is 0 Å². The van der Waals surface area contributed by atoms with Crippen LogP contribution in [-0.4, -0.2) is 36.0 Å². The third-order valence-corrected chi connectivity index (χ3v) is 5.09. The van der Waals surface area contributed by atoms with Gasteiger partial charge in [-0.3, -0.25) is 5.32 Å². The van der Waals surface area contributed by atoms with Gasteiger partial charge in [0.2, 0.25) is 10.0 Å². The van der Waals surface area contributed by atoms with E-state index in [4.69, 9.17) is 0 Å². The molecular weight excluding hydrogens is 282 g/mol. The number of sulfonamides is 1. The van der Waals surface area contributed by atoms with Crippen molar-refractivity contribution in [2.75, 3.05) is 18.4 Å². The molecule has 1 atom stereocenters. The molecule has 102 valence electrons. The summed E-state index contributed by atoms with van der Waals surface area (Å²) in [5.74, 6) is 3.20. The number of aromatic nitrogens is 1. The van der Waals surface area contributed by atoms with Crippen molar-refractivity contribution in [3.63, 3.8) is 0 Å². The molecule has 0 saturated carbocycles. The molecule has 0 aliphatic carbocycles. The molecule has 0 radical (unpaired) electrons. The average molecular weight is 297 g/mol. The smallest absolute Gasteiger partial charge is 0.244 e. The molecule has 0 spiro atoms. The van der Waals surface area contributed by atoms with Gasteiger partial charge in [0.25, 0.3) is 0 Å². The van der Waals surface area contributed by atoms with E-state index in [1.807, 2.05) is 0 Å². The molecule has 5 nitrogen and oxygen atoms in total. The first-order chi connectivity index (χ1) is 9.04. The fourth-order valence-corrected chi connectivity index (χ4v) is 3.68. The number of hydrogen-bond acceptors (Lipinski definition) is 5. The van der Waals surface area contributed by atoms with Crippen LogP contribution < -0.4 is 5.32 Å². The highest BCUT2D eigenvalue weighted by molar-refractivity contribution is 7.89. The maximum absolute atomic E-state index is 12.3. The largest absolute Gasteiger partial charge is 0.299 e. The molecule has 19 heavy (non-hydrogen) atoms. The number of thiol groups is 1. The van der Waals surface area contributed by atoms with Crippen LogP contribution in [0.25, 0.3) is 0 Å². The summed E-state index contributed by atoms with van der Waals surface area (Å²) in [4.78, 5) is 4.23. The molecule has 1 unspecified atom stereocenters. The molecule has 1 aliphatic heterocycles. The van der Waals surface area contributed by atoms with Crippen molar-refractivity contribution in [2.45, 2.75) is 23.5 Å². The molecule has 1 saturated heterocycles. The number of rotatable bonds is 3. The number of pyridine rings is 1. The second-order valence-electron chi connectivity index (χ2n) is 4.18. The van der Waals surface area contributed by atoms with Gasteiger partial charge in [-0.15, -0.1) is 0 Å². The van der Waals surface area contributed by atoms with E-state index in [9.17, 15) is 8.42 Å². The monoisotopic (exact) mass is 297 g/mol. The summed E-state index contributed by atoms with van der Waals surface area (Å²) in [6.07, 6.45) is 2.13. The minimum absolute atomic E-state index is 0.114. The molecule has 2 heterocycles. The molecule has 1 N–H and O–H groups in total. The zero-order valence-electron chi connectivity index (χ0n) is 10.5. The molecule has 2 rings (SSSR count). The Morgan fingerprint density at radius 1 is 1.53 bits per heavy atom. The van der Waals surface area contributed by atoms with Crippen LogP contribution in [-0.2, 0) is 10.0 Å². The average Bonchev–Trinajstić information content (AvgIpc) is 2.84. The zero-order valence-corrected chi connectivity index (χ0v) is 12.2. The third kappa shape index (κ3) is 3.21. The summed E-state index contributed by atoms with van der Waals surface area (Å²) >= 11 is 4.30. The summed E-state index contributed by atoms with van der Waals surface area (Å²) in [5, 5.41) is 2.87. The molecule has 1 fully saturated rings. The van der Waals surface area contributed by atoms with Gasteiger partial charge in [-0.1, -0.05) is 5.92 Å². The fraction of sp³-hybridized carbons (Fsp3) is 0.417. The van der Waals surface area contributed by atoms with Crippen LogP contribution in [0.3, 0.4) is 0 Å². The van der Waals surface area contributed by atoms with E-state index < -0.39 is 10.0 Å². The van der Waals surface area contributed by atoms with Gasteiger partial charge in [0.15, 0.2) is 0 Å². The molecule has 1 aromatic heterocycles. The highest BCUT2D eigenvalue weighted by Crippen LogP contribution is 2.23. The summed E-state index contributed by atoms with van der Waals surface area (Å²) in [6, 6.07) is 5.79. The van der Waals surface area contributed by atoms with Crippen LogP contribution in [0.2, 0.25) is 0 Å². The fourth-order valence-electron chi connectivity index (χ4n) is 1.81. The predicted octanol–water partition coefficient (Wildman–Crippen LogP) is 1.17. The lowest BCUT2D eigenvalue weighted by Crippen LogP contribution is -2.29. The summed E-state index contributed by atoms with van der Waals surface area (Å²) in [6.45, 7) is 2.66. The Hall–Kier alpha value is -1.23. The standard InChI is InChI=1S/C12H15N3O2S2/c1-2-6-13-12-4-3-11(8-14-12)19(16,17)15-7-5-10(18)9-15/h3-4,8,10,18H,5,7,9H2,1H3,(H,13,14). The minimum atomic E-state index is -3.45. The van der Waals surface area contributed by atoms with Crippen LogP contribution in [0.4, 0.5) is 5.82 Å². The Labute approximate surface area is 118 Å². The predicted molar refractivity (Wildman–Crippen MR) is 77.5 cm³/mol. The van der Waals surface area contributed by atoms with Gasteiger partial charge in [-0.2, -0.15) is 16.9 Å². The highest BCUT2D eigenvalue weighted by Gasteiger charge is 2.31. The Morgan fingerprint density at radius 3 is 2.84 bits per heavy atom. The van der Waals surface area contributed by atoms with Crippen LogP contribution in [0, 0.1) is 12.0 Å². The maximum Gasteiger partial charge on any atom is 0.244 e. The Balaban J connectivity index is 2.18. The third-order valence-electron chi connectivity index (χ3n) is 2.82. The van der Waals surface area contributed by atoms with Crippen molar-refractivity contribution in [3.05, 3.63) is 18.3 Å². The summed E-state index contributed by atoms with van der Waals surface area (Å²) < 4.78 is 26.1. The minimum Gasteiger partial charge on any atom is -0.299 e. The Bertz CT molecular complexity index is 602. The topological polar surface area (TPSA) is 62.3 Å². The molecule has 0 aromatic carbocycles. The second kappa shape index (κ2) is 5.82. The van der Waals surface area contributed by atoms with E-state index in [1.165, 1.54) is 16.6 Å². The Morgan fingerprint density at radius 2 is 2.32 bits per heavy atom. The number of nitrogens with zero attached hydrogens (tertiary/aromatic N) is 2. The number of nitrogens with one attached hydrogen (secondary N) is 1. The van der Waals surface area contributed by atoms with Crippen molar-refractivity contribution >= 4 is 28.5 Å². The van der Waals surface area contributed by atoms with Crippen molar-refractivity contribution in [3.8, 4) is 12.0 Å². The van der Waals surface area contributed by atoms with Gasteiger partial charge in [0, 0.05) is 30.6 Å². The van der Waals surface area contributed by atoms with Crippen LogP contribution in [0.5, 0.6) is 0 Å². The summed E-state index contributed by atoms with van der Waals surface area (Å²) in [7, 11) is -3.45. The lowest BCUT2D eigenvalue weighted by atomic mass is 10.4. The van der Waals surface area contributed by atoms with Gasteiger partial charge in [0.1, 0.15) is 10.7 Å². The molecule has 0 bridgehead atoms. The number of anilines is 1. The Kier molecular flexibility index (Phi) is 4.34. The van der Waals surface area contributed by atoms with E-state index in [0.29, 0.717) is 18.9 Å². The van der Waals surface area contributed by atoms with Gasteiger partial charge < -0.3 is 0 Å². The van der Waals surface area contributed by atoms with Crippen molar-refractivity contribution in [1.29, 1.82) is 0 Å². The summed E-state index contributed by atoms with van der Waals surface area (Å²) in [5.41, 5.74) is 0. The SMILES string of the molecule is CC#CNc1ccc(S(=O)(=O)N2CCC(S)C2)cn1. The molecular formula is C12H15N3O2S2. The highest BCUT2D eigenvalue weighted by atomic mass is 32.2. The van der Waals surface area contributed by atoms with Crippen LogP contribution in [0.15, 0.2) is 23.2 Å². The molecule has 7 heteroatoms. The number of hydrogen-bond donors (Lipinski definition) is 2. The van der Waals surface area contributed by atoms with Gasteiger partial charge in [-0.25, -0.2) is 13.4 Å². The van der Waals surface area contributed by atoms with Gasteiger partial charge >= 0.3 is 0 Å². The van der Waals surface area contributed by atoms with E-state index in [1.54, 1.807) is 13.0 Å². The molecule has 1 aliphatic rings. The molecule has 1 aromatic rings. The first-order valence-corrected chi connectivity index (χ1v) is 7.81. The second-order valence-corrected chi connectivity index (χ2v) is 6.85. The van der Waals surface area contributed by atoms with Crippen LogP contribution >= 0.6 is 12.6 Å². The van der Waals surface area contributed by atoms with Crippen molar-refractivity contribution < 1.29 is 8.42 Å². The molecule has 0 amide bonds. The van der Waals surface area contributed by atoms with E-state index >= 15 is 0 Å². The zero-order chi connectivity index (χ0) is 13.9. The first kappa shape index (κ1) is 14.2. The van der Waals surface area contributed by atoms with Crippen LogP contribution in [0.1, 0.15) is 13.3 Å². The normalized spacial score (nSPS) is 19.8. The quantitative estimate of drug-likeness (QED) is 0.499. The van der Waals surface area contributed by atoms with Gasteiger partial charge in [-0.05, 0) is 25.5 Å². The first-order valence-electron chi connectivity index (χ1n) is 5.86. The lowest BCUT2D eigenvalue weighted by Gasteiger charge is -2.15. The van der Waals surface area contributed by atoms with E-state index in [-0.39, 0.29) is 10.1 Å². The van der Waals surface area contributed by atoms with E-state index in [2.05, 4.69) is 34.9 Å². The van der Waals surface area contributed by atoms with E-state index in [0.717, 1.165) is 6.42 Å². The lowest BCUT2D eigenvalue weighted by molar-refractivity contribution is 0.478.